The van der Waals surface area contributed by atoms with E-state index in [9.17, 15) is 14.4 Å². The first-order chi connectivity index (χ1) is 12.8. The third-order valence-corrected chi connectivity index (χ3v) is 4.08. The van der Waals surface area contributed by atoms with E-state index >= 15 is 0 Å². The number of amides is 1. The molecule has 27 heavy (non-hydrogen) atoms. The predicted octanol–water partition coefficient (Wildman–Crippen LogP) is 1.67. The summed E-state index contributed by atoms with van der Waals surface area (Å²) in [4.78, 5) is 41.3. The number of rotatable bonds is 4. The largest absolute Gasteiger partial charge is 0.491 e. The number of fused-ring (bicyclic) bond motifs is 1. The lowest BCUT2D eigenvalue weighted by Crippen LogP contribution is -2.37. The molecule has 0 saturated heterocycles. The number of hydrogen-bond donors (Lipinski definition) is 1. The number of aromatic nitrogens is 3. The van der Waals surface area contributed by atoms with Crippen molar-refractivity contribution in [3.05, 3.63) is 62.9 Å². The van der Waals surface area contributed by atoms with Crippen LogP contribution in [0.15, 0.2) is 46.1 Å². The second-order valence-corrected chi connectivity index (χ2v) is 6.41. The molecule has 8 nitrogen and oxygen atoms in total. The van der Waals surface area contributed by atoms with Gasteiger partial charge in [-0.1, -0.05) is 0 Å². The molecule has 3 aromatic rings. The minimum atomic E-state index is -0.516. The van der Waals surface area contributed by atoms with Crippen LogP contribution >= 0.6 is 0 Å². The van der Waals surface area contributed by atoms with Crippen molar-refractivity contribution < 1.29 is 9.53 Å². The van der Waals surface area contributed by atoms with Gasteiger partial charge < -0.3 is 10.1 Å². The molecule has 0 bridgehead atoms. The van der Waals surface area contributed by atoms with Crippen LogP contribution in [-0.4, -0.2) is 26.1 Å². The maximum absolute atomic E-state index is 12.6. The van der Waals surface area contributed by atoms with E-state index in [1.165, 1.54) is 30.9 Å². The molecule has 0 atom stereocenters. The monoisotopic (exact) mass is 368 g/mol. The maximum Gasteiger partial charge on any atom is 0.332 e. The van der Waals surface area contributed by atoms with Crippen LogP contribution in [0.1, 0.15) is 24.2 Å². The number of benzene rings is 1. The van der Waals surface area contributed by atoms with E-state index < -0.39 is 11.2 Å². The van der Waals surface area contributed by atoms with Crippen molar-refractivity contribution in [3.63, 3.8) is 0 Å². The summed E-state index contributed by atoms with van der Waals surface area (Å²) < 4.78 is 7.81. The minimum absolute atomic E-state index is 0.0377. The van der Waals surface area contributed by atoms with Crippen LogP contribution in [0.5, 0.6) is 5.75 Å². The SMILES string of the molecule is CC(C)Oc1ccc(C(=O)Nc2ccnc3c2c(=O)n(C)c(=O)n3C)cc1. The van der Waals surface area contributed by atoms with Crippen molar-refractivity contribution in [2.75, 3.05) is 5.32 Å². The van der Waals surface area contributed by atoms with Crippen molar-refractivity contribution in [2.45, 2.75) is 20.0 Å². The summed E-state index contributed by atoms with van der Waals surface area (Å²) in [6, 6.07) is 8.24. The number of nitrogens with one attached hydrogen (secondary N) is 1. The summed E-state index contributed by atoms with van der Waals surface area (Å²) in [7, 11) is 2.91. The van der Waals surface area contributed by atoms with Crippen LogP contribution in [0.4, 0.5) is 5.69 Å². The number of ether oxygens (including phenoxy) is 1. The number of pyridine rings is 1. The van der Waals surface area contributed by atoms with Crippen molar-refractivity contribution in [2.24, 2.45) is 14.1 Å². The lowest BCUT2D eigenvalue weighted by molar-refractivity contribution is 0.102. The summed E-state index contributed by atoms with van der Waals surface area (Å²) in [5.74, 6) is 0.286. The normalized spacial score (nSPS) is 11.0. The fourth-order valence-corrected chi connectivity index (χ4v) is 2.74. The number of hydrogen-bond acceptors (Lipinski definition) is 5. The molecular weight excluding hydrogens is 348 g/mol. The number of anilines is 1. The Morgan fingerprint density at radius 1 is 1.07 bits per heavy atom. The fraction of sp³-hybridized carbons (Fsp3) is 0.263. The Morgan fingerprint density at radius 2 is 1.74 bits per heavy atom. The van der Waals surface area contributed by atoms with Gasteiger partial charge in [0.1, 0.15) is 11.1 Å². The second kappa shape index (κ2) is 7.06. The zero-order valence-electron chi connectivity index (χ0n) is 15.5. The van der Waals surface area contributed by atoms with E-state index in [1.807, 2.05) is 13.8 Å². The smallest absolute Gasteiger partial charge is 0.332 e. The molecule has 2 aromatic heterocycles. The van der Waals surface area contributed by atoms with Gasteiger partial charge in [-0.2, -0.15) is 0 Å². The third kappa shape index (κ3) is 3.46. The van der Waals surface area contributed by atoms with Gasteiger partial charge in [0.25, 0.3) is 11.5 Å². The van der Waals surface area contributed by atoms with Crippen molar-refractivity contribution in [1.82, 2.24) is 14.1 Å². The minimum Gasteiger partial charge on any atom is -0.491 e. The molecule has 2 heterocycles. The molecule has 0 aliphatic carbocycles. The Kier molecular flexibility index (Phi) is 4.81. The molecular formula is C19H20N4O4. The lowest BCUT2D eigenvalue weighted by atomic mass is 10.2. The zero-order chi connectivity index (χ0) is 19.7. The van der Waals surface area contributed by atoms with Gasteiger partial charge in [0.15, 0.2) is 5.65 Å². The second-order valence-electron chi connectivity index (χ2n) is 6.41. The first-order valence-corrected chi connectivity index (χ1v) is 8.42. The maximum atomic E-state index is 12.6. The standard InChI is InChI=1S/C19H20N4O4/c1-11(2)27-13-7-5-12(6-8-13)17(24)21-14-9-10-20-16-15(14)18(25)23(4)19(26)22(16)3/h5-11H,1-4H3,(H,20,21,24). The van der Waals surface area contributed by atoms with Gasteiger partial charge in [0, 0.05) is 25.9 Å². The Bertz CT molecular complexity index is 1130. The molecule has 0 fully saturated rings. The summed E-state index contributed by atoms with van der Waals surface area (Å²) in [6.45, 7) is 3.84. The van der Waals surface area contributed by atoms with E-state index in [0.717, 1.165) is 4.57 Å². The van der Waals surface area contributed by atoms with Crippen LogP contribution in [0.2, 0.25) is 0 Å². The molecule has 0 radical (unpaired) electrons. The van der Waals surface area contributed by atoms with E-state index in [1.54, 1.807) is 24.3 Å². The predicted molar refractivity (Wildman–Crippen MR) is 102 cm³/mol. The van der Waals surface area contributed by atoms with E-state index in [4.69, 9.17) is 4.74 Å². The molecule has 1 aromatic carbocycles. The number of aryl methyl sites for hydroxylation is 1. The quantitative estimate of drug-likeness (QED) is 0.756. The van der Waals surface area contributed by atoms with Gasteiger partial charge in [0.2, 0.25) is 0 Å². The summed E-state index contributed by atoms with van der Waals surface area (Å²) in [5.41, 5.74) is -0.0793. The molecule has 8 heteroatoms. The van der Waals surface area contributed by atoms with Gasteiger partial charge in [-0.15, -0.1) is 0 Å². The van der Waals surface area contributed by atoms with Crippen molar-refractivity contribution >= 4 is 22.6 Å². The first-order valence-electron chi connectivity index (χ1n) is 8.42. The zero-order valence-corrected chi connectivity index (χ0v) is 15.5. The molecule has 1 N–H and O–H groups in total. The highest BCUT2D eigenvalue weighted by Crippen LogP contribution is 2.19. The van der Waals surface area contributed by atoms with Crippen LogP contribution in [0.3, 0.4) is 0 Å². The molecule has 0 aliphatic rings. The molecule has 1 amide bonds. The van der Waals surface area contributed by atoms with Crippen LogP contribution in [0.25, 0.3) is 11.0 Å². The first kappa shape index (κ1) is 18.4. The van der Waals surface area contributed by atoms with Gasteiger partial charge >= 0.3 is 5.69 Å². The van der Waals surface area contributed by atoms with Crippen LogP contribution < -0.4 is 21.3 Å². The highest BCUT2D eigenvalue weighted by Gasteiger charge is 2.15. The van der Waals surface area contributed by atoms with E-state index in [-0.39, 0.29) is 23.0 Å². The molecule has 0 saturated carbocycles. The molecule has 3 rings (SSSR count). The molecule has 0 unspecified atom stereocenters. The third-order valence-electron chi connectivity index (χ3n) is 4.08. The summed E-state index contributed by atoms with van der Waals surface area (Å²) in [5, 5.41) is 2.90. The van der Waals surface area contributed by atoms with Crippen LogP contribution in [-0.2, 0) is 14.1 Å². The van der Waals surface area contributed by atoms with E-state index in [2.05, 4.69) is 10.3 Å². The number of carbonyl (C=O) groups is 1. The highest BCUT2D eigenvalue weighted by atomic mass is 16.5. The van der Waals surface area contributed by atoms with Gasteiger partial charge in [0.05, 0.1) is 11.8 Å². The molecule has 140 valence electrons. The van der Waals surface area contributed by atoms with Gasteiger partial charge in [-0.25, -0.2) is 9.78 Å². The van der Waals surface area contributed by atoms with Gasteiger partial charge in [-0.05, 0) is 44.2 Å². The van der Waals surface area contributed by atoms with Gasteiger partial charge in [-0.3, -0.25) is 18.7 Å². The van der Waals surface area contributed by atoms with Crippen molar-refractivity contribution in [1.29, 1.82) is 0 Å². The Labute approximate surface area is 155 Å². The van der Waals surface area contributed by atoms with Crippen molar-refractivity contribution in [3.8, 4) is 5.75 Å². The summed E-state index contributed by atoms with van der Waals surface area (Å²) >= 11 is 0. The molecule has 0 aliphatic heterocycles. The summed E-state index contributed by atoms with van der Waals surface area (Å²) in [6.07, 6.45) is 1.48. The fourth-order valence-electron chi connectivity index (χ4n) is 2.74. The van der Waals surface area contributed by atoms with E-state index in [0.29, 0.717) is 17.0 Å². The number of carbonyl (C=O) groups excluding carboxylic acids is 1. The highest BCUT2D eigenvalue weighted by molar-refractivity contribution is 6.08. The Hall–Kier alpha value is -3.42. The molecule has 0 spiro atoms. The topological polar surface area (TPSA) is 95.2 Å². The average Bonchev–Trinajstić information content (AvgIpc) is 2.64. The van der Waals surface area contributed by atoms with Crippen LogP contribution in [0, 0.1) is 0 Å². The Morgan fingerprint density at radius 3 is 2.37 bits per heavy atom. The number of nitrogens with zero attached hydrogens (tertiary/aromatic N) is 3. The Balaban J connectivity index is 1.98. The average molecular weight is 368 g/mol. The lowest BCUT2D eigenvalue weighted by Gasteiger charge is -2.12.